The van der Waals surface area contributed by atoms with Gasteiger partial charge in [-0.3, -0.25) is 9.69 Å². The van der Waals surface area contributed by atoms with Crippen LogP contribution in [0.2, 0.25) is 10.0 Å². The predicted octanol–water partition coefficient (Wildman–Crippen LogP) is 4.17. The lowest BCUT2D eigenvalue weighted by molar-refractivity contribution is -0.131. The standard InChI is InChI=1S/C17H16Cl2N2O3/c1-9-6-13(10(2)24-9)17(3)15(22)21(16(23)20-17)8-11-4-5-12(18)7-14(11)19/h4-7H,8H2,1-3H3,(H,20,23). The molecular weight excluding hydrogens is 351 g/mol. The van der Waals surface area contributed by atoms with Crippen LogP contribution in [0.15, 0.2) is 28.7 Å². The monoisotopic (exact) mass is 366 g/mol. The van der Waals surface area contributed by atoms with Gasteiger partial charge in [-0.1, -0.05) is 29.3 Å². The number of hydrogen-bond acceptors (Lipinski definition) is 3. The van der Waals surface area contributed by atoms with Crippen LogP contribution in [-0.2, 0) is 16.9 Å². The highest BCUT2D eigenvalue weighted by atomic mass is 35.5. The Bertz CT molecular complexity index is 846. The van der Waals surface area contributed by atoms with E-state index < -0.39 is 11.6 Å². The van der Waals surface area contributed by atoms with Crippen molar-refractivity contribution in [3.8, 4) is 0 Å². The Labute approximate surface area is 149 Å². The molecular formula is C17H16Cl2N2O3. The number of urea groups is 1. The molecule has 2 heterocycles. The number of halogens is 2. The first-order valence-corrected chi connectivity index (χ1v) is 8.13. The van der Waals surface area contributed by atoms with E-state index in [0.29, 0.717) is 32.7 Å². The lowest BCUT2D eigenvalue weighted by Crippen LogP contribution is -2.41. The maximum absolute atomic E-state index is 12.9. The van der Waals surface area contributed by atoms with Gasteiger partial charge in [-0.2, -0.15) is 0 Å². The lowest BCUT2D eigenvalue weighted by atomic mass is 9.92. The van der Waals surface area contributed by atoms with Gasteiger partial charge >= 0.3 is 6.03 Å². The number of nitrogens with zero attached hydrogens (tertiary/aromatic N) is 1. The number of benzene rings is 1. The fourth-order valence-electron chi connectivity index (χ4n) is 2.97. The number of imide groups is 1. The van der Waals surface area contributed by atoms with Crippen molar-refractivity contribution in [2.45, 2.75) is 32.9 Å². The zero-order valence-corrected chi connectivity index (χ0v) is 15.0. The van der Waals surface area contributed by atoms with E-state index in [1.807, 2.05) is 0 Å². The number of hydrogen-bond donors (Lipinski definition) is 1. The molecule has 1 unspecified atom stereocenters. The van der Waals surface area contributed by atoms with Crippen LogP contribution in [0.3, 0.4) is 0 Å². The summed E-state index contributed by atoms with van der Waals surface area (Å²) in [5.74, 6) is 0.947. The van der Waals surface area contributed by atoms with Crippen LogP contribution in [-0.4, -0.2) is 16.8 Å². The molecule has 5 nitrogen and oxygen atoms in total. The van der Waals surface area contributed by atoms with Crippen LogP contribution in [0.4, 0.5) is 4.79 Å². The SMILES string of the molecule is Cc1cc(C2(C)NC(=O)N(Cc3ccc(Cl)cc3Cl)C2=O)c(C)o1. The largest absolute Gasteiger partial charge is 0.466 e. The Morgan fingerprint density at radius 2 is 1.92 bits per heavy atom. The number of carbonyl (C=O) groups is 2. The van der Waals surface area contributed by atoms with Crippen molar-refractivity contribution in [2.75, 3.05) is 0 Å². The van der Waals surface area contributed by atoms with Gasteiger partial charge in [0.05, 0.1) is 6.54 Å². The summed E-state index contributed by atoms with van der Waals surface area (Å²) in [6.45, 7) is 5.32. The topological polar surface area (TPSA) is 62.6 Å². The Morgan fingerprint density at radius 1 is 1.21 bits per heavy atom. The molecule has 0 radical (unpaired) electrons. The van der Waals surface area contributed by atoms with Gasteiger partial charge in [-0.15, -0.1) is 0 Å². The molecule has 3 amide bonds. The summed E-state index contributed by atoms with van der Waals surface area (Å²) >= 11 is 12.0. The highest BCUT2D eigenvalue weighted by Gasteiger charge is 2.50. The number of nitrogens with one attached hydrogen (secondary N) is 1. The van der Waals surface area contributed by atoms with Gasteiger partial charge in [0, 0.05) is 15.6 Å². The van der Waals surface area contributed by atoms with Crippen molar-refractivity contribution in [1.29, 1.82) is 0 Å². The van der Waals surface area contributed by atoms with Gasteiger partial charge < -0.3 is 9.73 Å². The maximum Gasteiger partial charge on any atom is 0.325 e. The summed E-state index contributed by atoms with van der Waals surface area (Å²) in [4.78, 5) is 26.4. The Balaban J connectivity index is 1.93. The summed E-state index contributed by atoms with van der Waals surface area (Å²) in [5, 5.41) is 3.66. The summed E-state index contributed by atoms with van der Waals surface area (Å²) < 4.78 is 5.50. The van der Waals surface area contributed by atoms with E-state index in [-0.39, 0.29) is 12.5 Å². The number of aryl methyl sites for hydroxylation is 2. The molecule has 1 aliphatic rings. The predicted molar refractivity (Wildman–Crippen MR) is 91.1 cm³/mol. The second kappa shape index (κ2) is 5.83. The third-order valence-electron chi connectivity index (χ3n) is 4.20. The highest BCUT2D eigenvalue weighted by molar-refractivity contribution is 6.35. The average molecular weight is 367 g/mol. The van der Waals surface area contributed by atoms with E-state index >= 15 is 0 Å². The first-order valence-electron chi connectivity index (χ1n) is 7.38. The fraction of sp³-hybridized carbons (Fsp3) is 0.294. The second-order valence-corrected chi connectivity index (χ2v) is 6.85. The molecule has 3 rings (SSSR count). The van der Waals surface area contributed by atoms with E-state index in [2.05, 4.69) is 5.32 Å². The Morgan fingerprint density at radius 3 is 2.50 bits per heavy atom. The molecule has 24 heavy (non-hydrogen) atoms. The number of furan rings is 1. The van der Waals surface area contributed by atoms with Gasteiger partial charge in [-0.25, -0.2) is 4.79 Å². The van der Waals surface area contributed by atoms with Crippen molar-refractivity contribution in [1.82, 2.24) is 10.2 Å². The third-order valence-corrected chi connectivity index (χ3v) is 4.79. The summed E-state index contributed by atoms with van der Waals surface area (Å²) in [6, 6.07) is 6.26. The van der Waals surface area contributed by atoms with Crippen molar-refractivity contribution >= 4 is 35.1 Å². The number of carbonyl (C=O) groups excluding carboxylic acids is 2. The van der Waals surface area contributed by atoms with Gasteiger partial charge in [-0.05, 0) is 44.5 Å². The molecule has 1 aromatic carbocycles. The molecule has 1 aliphatic heterocycles. The summed E-state index contributed by atoms with van der Waals surface area (Å²) in [7, 11) is 0. The first-order chi connectivity index (χ1) is 11.2. The zero-order chi connectivity index (χ0) is 17.6. The smallest absolute Gasteiger partial charge is 0.325 e. The van der Waals surface area contributed by atoms with Gasteiger partial charge in [0.1, 0.15) is 17.1 Å². The molecule has 1 aromatic heterocycles. The molecule has 2 aromatic rings. The van der Waals surface area contributed by atoms with Gasteiger partial charge in [0.2, 0.25) is 0 Å². The summed E-state index contributed by atoms with van der Waals surface area (Å²) in [6.07, 6.45) is 0. The van der Waals surface area contributed by atoms with Crippen LogP contribution in [0.1, 0.15) is 29.6 Å². The minimum atomic E-state index is -1.15. The summed E-state index contributed by atoms with van der Waals surface area (Å²) in [5.41, 5.74) is 0.148. The normalized spacial score (nSPS) is 20.6. The Kier molecular flexibility index (Phi) is 4.10. The molecule has 1 N–H and O–H groups in total. The second-order valence-electron chi connectivity index (χ2n) is 6.01. The minimum Gasteiger partial charge on any atom is -0.466 e. The fourth-order valence-corrected chi connectivity index (χ4v) is 3.44. The van der Waals surface area contributed by atoms with Crippen LogP contribution in [0.25, 0.3) is 0 Å². The van der Waals surface area contributed by atoms with Crippen molar-refractivity contribution in [3.63, 3.8) is 0 Å². The number of amides is 3. The molecule has 0 aliphatic carbocycles. The lowest BCUT2D eigenvalue weighted by Gasteiger charge is -2.21. The zero-order valence-electron chi connectivity index (χ0n) is 13.4. The molecule has 1 atom stereocenters. The minimum absolute atomic E-state index is 0.0755. The van der Waals surface area contributed by atoms with Crippen molar-refractivity contribution < 1.29 is 14.0 Å². The van der Waals surface area contributed by atoms with E-state index in [0.717, 1.165) is 4.90 Å². The van der Waals surface area contributed by atoms with Gasteiger partial charge in [0.25, 0.3) is 5.91 Å². The highest BCUT2D eigenvalue weighted by Crippen LogP contribution is 2.34. The average Bonchev–Trinajstić information content (AvgIpc) is 2.94. The molecule has 0 spiro atoms. The van der Waals surface area contributed by atoms with E-state index in [9.17, 15) is 9.59 Å². The molecule has 1 fully saturated rings. The van der Waals surface area contributed by atoms with Gasteiger partial charge in [0.15, 0.2) is 0 Å². The van der Waals surface area contributed by atoms with Crippen molar-refractivity contribution in [2.24, 2.45) is 0 Å². The molecule has 0 saturated carbocycles. The first kappa shape index (κ1) is 16.9. The van der Waals surface area contributed by atoms with E-state index in [1.54, 1.807) is 45.0 Å². The van der Waals surface area contributed by atoms with E-state index in [1.165, 1.54) is 0 Å². The van der Waals surface area contributed by atoms with Crippen molar-refractivity contribution in [3.05, 3.63) is 57.0 Å². The van der Waals surface area contributed by atoms with E-state index in [4.69, 9.17) is 27.6 Å². The number of rotatable bonds is 3. The molecule has 1 saturated heterocycles. The van der Waals surface area contributed by atoms with Crippen LogP contribution in [0.5, 0.6) is 0 Å². The molecule has 7 heteroatoms. The Hall–Kier alpha value is -1.98. The van der Waals surface area contributed by atoms with Crippen LogP contribution in [0, 0.1) is 13.8 Å². The molecule has 0 bridgehead atoms. The maximum atomic E-state index is 12.9. The van der Waals surface area contributed by atoms with Crippen LogP contribution < -0.4 is 5.32 Å². The third kappa shape index (κ3) is 2.68. The molecule has 126 valence electrons. The van der Waals surface area contributed by atoms with Crippen LogP contribution >= 0.6 is 23.2 Å². The quantitative estimate of drug-likeness (QED) is 0.829.